The largest absolute Gasteiger partial charge is 0.337 e. The van der Waals surface area contributed by atoms with Gasteiger partial charge in [-0.3, -0.25) is 4.79 Å². The third kappa shape index (κ3) is 4.53. The normalized spacial score (nSPS) is 16.1. The van der Waals surface area contributed by atoms with E-state index in [-0.39, 0.29) is 5.91 Å². The van der Waals surface area contributed by atoms with Crippen LogP contribution in [-0.2, 0) is 17.8 Å². The van der Waals surface area contributed by atoms with Gasteiger partial charge in [0, 0.05) is 37.1 Å². The van der Waals surface area contributed by atoms with E-state index in [1.807, 2.05) is 16.2 Å². The summed E-state index contributed by atoms with van der Waals surface area (Å²) in [4.78, 5) is 18.0. The Kier molecular flexibility index (Phi) is 6.21. The highest BCUT2D eigenvalue weighted by Gasteiger charge is 2.20. The van der Waals surface area contributed by atoms with Gasteiger partial charge in [0.05, 0.1) is 6.54 Å². The van der Waals surface area contributed by atoms with Crippen LogP contribution in [0.15, 0.2) is 11.4 Å². The third-order valence-corrected chi connectivity index (χ3v) is 5.44. The number of carbonyl (C=O) groups excluding carboxylic acids is 1. The van der Waals surface area contributed by atoms with E-state index in [4.69, 9.17) is 0 Å². The van der Waals surface area contributed by atoms with Crippen LogP contribution >= 0.6 is 11.3 Å². The molecule has 21 heavy (non-hydrogen) atoms. The zero-order chi connectivity index (χ0) is 15.2. The SMILES string of the molecule is CCC(C)N(C)CCNCC(=O)N1CCc2sccc2C1. The molecule has 1 aromatic heterocycles. The Morgan fingerprint density at radius 2 is 2.38 bits per heavy atom. The Morgan fingerprint density at radius 1 is 1.57 bits per heavy atom. The molecule has 1 N–H and O–H groups in total. The van der Waals surface area contributed by atoms with Crippen molar-refractivity contribution in [1.29, 1.82) is 0 Å². The smallest absolute Gasteiger partial charge is 0.236 e. The van der Waals surface area contributed by atoms with Crippen LogP contribution < -0.4 is 5.32 Å². The van der Waals surface area contributed by atoms with E-state index in [0.717, 1.165) is 39.0 Å². The maximum atomic E-state index is 12.2. The lowest BCUT2D eigenvalue weighted by Gasteiger charge is -2.27. The number of nitrogens with zero attached hydrogens (tertiary/aromatic N) is 2. The molecule has 1 aliphatic heterocycles. The molecule has 0 aliphatic carbocycles. The molecule has 2 heterocycles. The first kappa shape index (κ1) is 16.5. The number of amides is 1. The van der Waals surface area contributed by atoms with Crippen LogP contribution in [0.3, 0.4) is 0 Å². The molecule has 0 fully saturated rings. The summed E-state index contributed by atoms with van der Waals surface area (Å²) in [6.07, 6.45) is 2.17. The first-order valence-corrected chi connectivity index (χ1v) is 8.73. The number of hydrogen-bond donors (Lipinski definition) is 1. The molecule has 0 aromatic carbocycles. The fourth-order valence-electron chi connectivity index (χ4n) is 2.56. The van der Waals surface area contributed by atoms with E-state index < -0.39 is 0 Å². The predicted molar refractivity (Wildman–Crippen MR) is 88.7 cm³/mol. The van der Waals surface area contributed by atoms with Gasteiger partial charge < -0.3 is 15.1 Å². The minimum atomic E-state index is 0.220. The zero-order valence-corrected chi connectivity index (χ0v) is 14.2. The van der Waals surface area contributed by atoms with Gasteiger partial charge in [-0.1, -0.05) is 6.92 Å². The molecule has 1 amide bonds. The highest BCUT2D eigenvalue weighted by molar-refractivity contribution is 7.10. The Bertz CT molecular complexity index is 460. The monoisotopic (exact) mass is 309 g/mol. The average molecular weight is 309 g/mol. The van der Waals surface area contributed by atoms with Crippen molar-refractivity contribution in [3.63, 3.8) is 0 Å². The fourth-order valence-corrected chi connectivity index (χ4v) is 3.45. The van der Waals surface area contributed by atoms with Gasteiger partial charge in [-0.25, -0.2) is 0 Å². The molecule has 0 spiro atoms. The summed E-state index contributed by atoms with van der Waals surface area (Å²) in [6.45, 7) is 8.38. The van der Waals surface area contributed by atoms with Crippen molar-refractivity contribution in [2.45, 2.75) is 39.3 Å². The highest BCUT2D eigenvalue weighted by atomic mass is 32.1. The second kappa shape index (κ2) is 7.92. The van der Waals surface area contributed by atoms with Crippen molar-refractivity contribution < 1.29 is 4.79 Å². The van der Waals surface area contributed by atoms with Crippen molar-refractivity contribution in [3.05, 3.63) is 21.9 Å². The summed E-state index contributed by atoms with van der Waals surface area (Å²) in [5.41, 5.74) is 1.33. The number of fused-ring (bicyclic) bond motifs is 1. The van der Waals surface area contributed by atoms with E-state index in [1.54, 1.807) is 0 Å². The molecular formula is C16H27N3OS. The summed E-state index contributed by atoms with van der Waals surface area (Å²) < 4.78 is 0. The zero-order valence-electron chi connectivity index (χ0n) is 13.4. The quantitative estimate of drug-likeness (QED) is 0.782. The summed E-state index contributed by atoms with van der Waals surface area (Å²) >= 11 is 1.81. The van der Waals surface area contributed by atoms with Crippen molar-refractivity contribution >= 4 is 17.2 Å². The van der Waals surface area contributed by atoms with Crippen molar-refractivity contribution in [2.75, 3.05) is 33.2 Å². The summed E-state index contributed by atoms with van der Waals surface area (Å²) in [5, 5.41) is 5.41. The van der Waals surface area contributed by atoms with Crippen LogP contribution in [0.25, 0.3) is 0 Å². The standard InChI is InChI=1S/C16H27N3OS/c1-4-13(2)18(3)9-7-17-11-16(20)19-8-5-15-14(12-19)6-10-21-15/h6,10,13,17H,4-5,7-9,11-12H2,1-3H3. The Balaban J connectivity index is 1.67. The van der Waals surface area contributed by atoms with Crippen LogP contribution in [0.4, 0.5) is 0 Å². The molecule has 1 aromatic rings. The number of nitrogens with one attached hydrogen (secondary N) is 1. The van der Waals surface area contributed by atoms with Crippen LogP contribution in [-0.4, -0.2) is 55.0 Å². The highest BCUT2D eigenvalue weighted by Crippen LogP contribution is 2.23. The number of hydrogen-bond acceptors (Lipinski definition) is 4. The number of thiophene rings is 1. The van der Waals surface area contributed by atoms with Gasteiger partial charge in [0.1, 0.15) is 0 Å². The average Bonchev–Trinajstić information content (AvgIpc) is 2.97. The molecule has 4 nitrogen and oxygen atoms in total. The molecule has 1 unspecified atom stereocenters. The Morgan fingerprint density at radius 3 is 3.14 bits per heavy atom. The summed E-state index contributed by atoms with van der Waals surface area (Å²) in [6, 6.07) is 2.75. The van der Waals surface area contributed by atoms with E-state index in [2.05, 4.69) is 42.6 Å². The Hall–Kier alpha value is -0.910. The maximum absolute atomic E-state index is 12.2. The predicted octanol–water partition coefficient (Wildman–Crippen LogP) is 1.95. The van der Waals surface area contributed by atoms with Gasteiger partial charge in [0.15, 0.2) is 0 Å². The van der Waals surface area contributed by atoms with Gasteiger partial charge >= 0.3 is 0 Å². The molecule has 1 atom stereocenters. The van der Waals surface area contributed by atoms with Gasteiger partial charge in [0.2, 0.25) is 5.91 Å². The van der Waals surface area contributed by atoms with Gasteiger partial charge in [-0.2, -0.15) is 0 Å². The molecule has 0 saturated carbocycles. The van der Waals surface area contributed by atoms with Gasteiger partial charge in [0.25, 0.3) is 0 Å². The summed E-state index contributed by atoms with van der Waals surface area (Å²) in [5.74, 6) is 0.220. The lowest BCUT2D eigenvalue weighted by molar-refractivity contribution is -0.131. The number of rotatable bonds is 7. The lowest BCUT2D eigenvalue weighted by Crippen LogP contribution is -2.42. The van der Waals surface area contributed by atoms with Crippen molar-refractivity contribution in [2.24, 2.45) is 0 Å². The van der Waals surface area contributed by atoms with Gasteiger partial charge in [-0.15, -0.1) is 11.3 Å². The number of carbonyl (C=O) groups is 1. The minimum Gasteiger partial charge on any atom is -0.337 e. The third-order valence-electron chi connectivity index (χ3n) is 4.42. The molecule has 5 heteroatoms. The van der Waals surface area contributed by atoms with E-state index in [1.165, 1.54) is 10.4 Å². The fraction of sp³-hybridized carbons (Fsp3) is 0.688. The first-order valence-electron chi connectivity index (χ1n) is 7.85. The van der Waals surface area contributed by atoms with Crippen LogP contribution in [0.5, 0.6) is 0 Å². The van der Waals surface area contributed by atoms with Crippen LogP contribution in [0, 0.1) is 0 Å². The molecule has 118 valence electrons. The second-order valence-corrected chi connectivity index (χ2v) is 6.85. The van der Waals surface area contributed by atoms with E-state index in [9.17, 15) is 4.79 Å². The molecule has 0 radical (unpaired) electrons. The van der Waals surface area contributed by atoms with Crippen molar-refractivity contribution in [3.8, 4) is 0 Å². The van der Waals surface area contributed by atoms with Crippen LogP contribution in [0.2, 0.25) is 0 Å². The van der Waals surface area contributed by atoms with E-state index in [0.29, 0.717) is 12.6 Å². The van der Waals surface area contributed by atoms with Gasteiger partial charge in [-0.05, 0) is 43.8 Å². The lowest BCUT2D eigenvalue weighted by atomic mass is 10.1. The van der Waals surface area contributed by atoms with Crippen LogP contribution in [0.1, 0.15) is 30.7 Å². The molecule has 2 rings (SSSR count). The van der Waals surface area contributed by atoms with Crippen molar-refractivity contribution in [1.82, 2.24) is 15.1 Å². The topological polar surface area (TPSA) is 35.6 Å². The Labute approximate surface area is 132 Å². The second-order valence-electron chi connectivity index (χ2n) is 5.85. The minimum absolute atomic E-state index is 0.220. The van der Waals surface area contributed by atoms with E-state index >= 15 is 0 Å². The summed E-state index contributed by atoms with van der Waals surface area (Å²) in [7, 11) is 2.14. The first-order chi connectivity index (χ1) is 10.1. The maximum Gasteiger partial charge on any atom is 0.236 e. The molecule has 0 bridgehead atoms. The number of likely N-dealkylation sites (N-methyl/N-ethyl adjacent to an activating group) is 1. The molecule has 1 aliphatic rings. The molecule has 0 saturated heterocycles. The molecular weight excluding hydrogens is 282 g/mol.